The summed E-state index contributed by atoms with van der Waals surface area (Å²) in [6.45, 7) is 0. The van der Waals surface area contributed by atoms with Gasteiger partial charge < -0.3 is 15.7 Å². The van der Waals surface area contributed by atoms with Crippen LogP contribution < -0.4 is 10.6 Å². The molecule has 5 heteroatoms. The van der Waals surface area contributed by atoms with Crippen LogP contribution in [0.2, 0.25) is 0 Å². The van der Waals surface area contributed by atoms with Crippen LogP contribution in [-0.4, -0.2) is 29.2 Å². The summed E-state index contributed by atoms with van der Waals surface area (Å²) in [4.78, 5) is 10.2. The van der Waals surface area contributed by atoms with Crippen molar-refractivity contribution in [3.63, 3.8) is 0 Å². The second-order valence-electron chi connectivity index (χ2n) is 3.86. The molecule has 0 bridgehead atoms. The van der Waals surface area contributed by atoms with Crippen molar-refractivity contribution >= 4 is 11.4 Å². The van der Waals surface area contributed by atoms with Crippen LogP contribution in [0.15, 0.2) is 30.6 Å². The number of phenolic OH excluding ortho intramolecular Hbond substituents is 1. The molecule has 0 radical (unpaired) electrons. The summed E-state index contributed by atoms with van der Waals surface area (Å²) in [6.07, 6.45) is 3.34. The zero-order valence-corrected chi connectivity index (χ0v) is 9.75. The highest BCUT2D eigenvalue weighted by Gasteiger charge is 2.15. The van der Waals surface area contributed by atoms with Crippen molar-refractivity contribution in [2.75, 3.05) is 24.7 Å². The highest BCUT2D eigenvalue weighted by atomic mass is 16.3. The maximum atomic E-state index is 9.63. The van der Waals surface area contributed by atoms with Crippen LogP contribution in [0.5, 0.6) is 5.75 Å². The molecule has 0 aliphatic heterocycles. The molecule has 17 heavy (non-hydrogen) atoms. The molecule has 1 aromatic carbocycles. The Kier molecular flexibility index (Phi) is 2.82. The van der Waals surface area contributed by atoms with Crippen LogP contribution in [0.3, 0.4) is 0 Å². The van der Waals surface area contributed by atoms with Gasteiger partial charge in [-0.3, -0.25) is 0 Å². The van der Waals surface area contributed by atoms with Crippen molar-refractivity contribution in [3.8, 4) is 17.1 Å². The average Bonchev–Trinajstić information content (AvgIpc) is 2.33. The fourth-order valence-corrected chi connectivity index (χ4v) is 1.70. The van der Waals surface area contributed by atoms with Crippen molar-refractivity contribution in [1.82, 2.24) is 9.97 Å². The topological polar surface area (TPSA) is 75.3 Å². The molecular formula is C12H14N4O. The molecular weight excluding hydrogens is 216 g/mol. The molecule has 88 valence electrons. The molecule has 0 unspecified atom stereocenters. The first-order valence-corrected chi connectivity index (χ1v) is 5.17. The molecule has 0 saturated carbocycles. The van der Waals surface area contributed by atoms with E-state index in [9.17, 15) is 5.11 Å². The van der Waals surface area contributed by atoms with E-state index in [1.54, 1.807) is 30.6 Å². The second kappa shape index (κ2) is 4.29. The average molecular weight is 230 g/mol. The lowest BCUT2D eigenvalue weighted by Gasteiger charge is -2.19. The monoisotopic (exact) mass is 230 g/mol. The lowest BCUT2D eigenvalue weighted by molar-refractivity contribution is 0.478. The van der Waals surface area contributed by atoms with Crippen molar-refractivity contribution < 1.29 is 5.11 Å². The number of nitrogen functional groups attached to an aromatic ring is 1. The Bertz CT molecular complexity index is 526. The predicted octanol–water partition coefficient (Wildman–Crippen LogP) is 1.50. The van der Waals surface area contributed by atoms with Crippen molar-refractivity contribution in [1.29, 1.82) is 0 Å². The number of aromatic hydroxyl groups is 1. The Morgan fingerprint density at radius 1 is 1.18 bits per heavy atom. The van der Waals surface area contributed by atoms with E-state index in [-0.39, 0.29) is 5.75 Å². The number of nitrogens with zero attached hydrogens (tertiary/aromatic N) is 3. The maximum Gasteiger partial charge on any atom is 0.161 e. The van der Waals surface area contributed by atoms with Gasteiger partial charge in [0.15, 0.2) is 5.82 Å². The molecule has 0 spiro atoms. The SMILES string of the molecule is CN(C)c1c(-c2ncccn2)ccc(O)c1N. The molecule has 0 atom stereocenters. The van der Waals surface area contributed by atoms with Gasteiger partial charge in [0, 0.05) is 32.1 Å². The number of hydrogen-bond acceptors (Lipinski definition) is 5. The quantitative estimate of drug-likeness (QED) is 0.604. The van der Waals surface area contributed by atoms with Gasteiger partial charge in [0.2, 0.25) is 0 Å². The normalized spacial score (nSPS) is 10.2. The summed E-state index contributed by atoms with van der Waals surface area (Å²) in [5.41, 5.74) is 7.72. The molecule has 1 heterocycles. The van der Waals surface area contributed by atoms with E-state index < -0.39 is 0 Å². The van der Waals surface area contributed by atoms with Crippen LogP contribution in [0.4, 0.5) is 11.4 Å². The fraction of sp³-hybridized carbons (Fsp3) is 0.167. The minimum Gasteiger partial charge on any atom is -0.506 e. The summed E-state index contributed by atoms with van der Waals surface area (Å²) in [6, 6.07) is 5.06. The Morgan fingerprint density at radius 3 is 2.41 bits per heavy atom. The van der Waals surface area contributed by atoms with Gasteiger partial charge in [-0.25, -0.2) is 9.97 Å². The third-order valence-electron chi connectivity index (χ3n) is 2.45. The summed E-state index contributed by atoms with van der Waals surface area (Å²) < 4.78 is 0. The van der Waals surface area contributed by atoms with E-state index in [1.807, 2.05) is 19.0 Å². The smallest absolute Gasteiger partial charge is 0.161 e. The predicted molar refractivity (Wildman–Crippen MR) is 67.9 cm³/mol. The third kappa shape index (κ3) is 1.99. The first-order valence-electron chi connectivity index (χ1n) is 5.17. The number of phenols is 1. The van der Waals surface area contributed by atoms with Gasteiger partial charge in [-0.1, -0.05) is 0 Å². The third-order valence-corrected chi connectivity index (χ3v) is 2.45. The van der Waals surface area contributed by atoms with Gasteiger partial charge in [0.1, 0.15) is 5.75 Å². The second-order valence-corrected chi connectivity index (χ2v) is 3.86. The molecule has 1 aromatic heterocycles. The first kappa shape index (κ1) is 11.2. The number of aromatic nitrogens is 2. The van der Waals surface area contributed by atoms with E-state index in [2.05, 4.69) is 9.97 Å². The highest BCUT2D eigenvalue weighted by molar-refractivity contribution is 5.87. The molecule has 0 saturated heterocycles. The molecule has 0 aliphatic carbocycles. The zero-order valence-electron chi connectivity index (χ0n) is 9.75. The highest BCUT2D eigenvalue weighted by Crippen LogP contribution is 2.38. The molecule has 3 N–H and O–H groups in total. The van der Waals surface area contributed by atoms with E-state index in [1.165, 1.54) is 0 Å². The number of benzene rings is 1. The summed E-state index contributed by atoms with van der Waals surface area (Å²) in [5.74, 6) is 0.649. The number of nitrogens with two attached hydrogens (primary N) is 1. The van der Waals surface area contributed by atoms with E-state index >= 15 is 0 Å². The number of anilines is 2. The van der Waals surface area contributed by atoms with Gasteiger partial charge >= 0.3 is 0 Å². The number of hydrogen-bond donors (Lipinski definition) is 2. The molecule has 0 fully saturated rings. The molecule has 0 aliphatic rings. The van der Waals surface area contributed by atoms with E-state index in [0.717, 1.165) is 11.3 Å². The van der Waals surface area contributed by atoms with E-state index in [4.69, 9.17) is 5.73 Å². The van der Waals surface area contributed by atoms with Gasteiger partial charge in [-0.15, -0.1) is 0 Å². The van der Waals surface area contributed by atoms with Crippen molar-refractivity contribution in [2.24, 2.45) is 0 Å². The van der Waals surface area contributed by atoms with Crippen LogP contribution >= 0.6 is 0 Å². The number of rotatable bonds is 2. The van der Waals surface area contributed by atoms with Gasteiger partial charge in [-0.2, -0.15) is 0 Å². The Balaban J connectivity index is 2.67. The largest absolute Gasteiger partial charge is 0.506 e. The lowest BCUT2D eigenvalue weighted by atomic mass is 10.1. The fourth-order valence-electron chi connectivity index (χ4n) is 1.70. The summed E-state index contributed by atoms with van der Waals surface area (Å²) >= 11 is 0. The summed E-state index contributed by atoms with van der Waals surface area (Å²) in [7, 11) is 3.72. The van der Waals surface area contributed by atoms with Crippen LogP contribution in [0.1, 0.15) is 0 Å². The standard InChI is InChI=1S/C12H14N4O/c1-16(2)11-8(4-5-9(17)10(11)13)12-14-6-3-7-15-12/h3-7,17H,13H2,1-2H3. The Morgan fingerprint density at radius 2 is 1.82 bits per heavy atom. The minimum absolute atomic E-state index is 0.0633. The molecule has 0 amide bonds. The zero-order chi connectivity index (χ0) is 12.4. The molecule has 2 aromatic rings. The summed E-state index contributed by atoms with van der Waals surface area (Å²) in [5, 5.41) is 9.63. The van der Waals surface area contributed by atoms with Gasteiger partial charge in [0.05, 0.1) is 11.4 Å². The lowest BCUT2D eigenvalue weighted by Crippen LogP contribution is -2.13. The van der Waals surface area contributed by atoms with Crippen LogP contribution in [0, 0.1) is 0 Å². The van der Waals surface area contributed by atoms with E-state index in [0.29, 0.717) is 11.5 Å². The first-order chi connectivity index (χ1) is 8.11. The minimum atomic E-state index is 0.0633. The van der Waals surface area contributed by atoms with Crippen molar-refractivity contribution in [3.05, 3.63) is 30.6 Å². The van der Waals surface area contributed by atoms with Crippen molar-refractivity contribution in [2.45, 2.75) is 0 Å². The Labute approximate surface area is 99.6 Å². The molecule has 5 nitrogen and oxygen atoms in total. The van der Waals surface area contributed by atoms with Gasteiger partial charge in [-0.05, 0) is 18.2 Å². The van der Waals surface area contributed by atoms with Crippen LogP contribution in [0.25, 0.3) is 11.4 Å². The van der Waals surface area contributed by atoms with Gasteiger partial charge in [0.25, 0.3) is 0 Å². The Hall–Kier alpha value is -2.30. The molecule has 2 rings (SSSR count). The maximum absolute atomic E-state index is 9.63. The van der Waals surface area contributed by atoms with Crippen LogP contribution in [-0.2, 0) is 0 Å².